The van der Waals surface area contributed by atoms with E-state index in [2.05, 4.69) is 15.6 Å². The maximum absolute atomic E-state index is 13.8. The fourth-order valence-corrected chi connectivity index (χ4v) is 5.14. The molecule has 8 heteroatoms. The predicted molar refractivity (Wildman–Crippen MR) is 107 cm³/mol. The van der Waals surface area contributed by atoms with Crippen LogP contribution in [-0.2, 0) is 9.59 Å². The first-order valence-corrected chi connectivity index (χ1v) is 10.3. The second kappa shape index (κ2) is 7.34. The number of para-hydroxylation sites is 1. The summed E-state index contributed by atoms with van der Waals surface area (Å²) >= 11 is 0. The van der Waals surface area contributed by atoms with Crippen molar-refractivity contribution in [2.75, 3.05) is 6.54 Å². The minimum Gasteiger partial charge on any atom is -0.382 e. The highest BCUT2D eigenvalue weighted by molar-refractivity contribution is 6.00. The van der Waals surface area contributed by atoms with Gasteiger partial charge >= 0.3 is 6.43 Å². The number of nitrogens with one attached hydrogen (secondary N) is 2. The van der Waals surface area contributed by atoms with Crippen molar-refractivity contribution in [1.29, 1.82) is 0 Å². The first-order valence-electron chi connectivity index (χ1n) is 10.3. The third-order valence-electron chi connectivity index (χ3n) is 6.39. The molecule has 2 N–H and O–H groups in total. The topological polar surface area (TPSA) is 74.3 Å². The average Bonchev–Trinajstić information content (AvgIpc) is 3.04. The van der Waals surface area contributed by atoms with Crippen LogP contribution < -0.4 is 10.6 Å². The van der Waals surface area contributed by atoms with Gasteiger partial charge in [0.1, 0.15) is 0 Å². The van der Waals surface area contributed by atoms with Crippen LogP contribution in [0.4, 0.5) is 8.78 Å². The van der Waals surface area contributed by atoms with Crippen molar-refractivity contribution >= 4 is 22.7 Å². The molecule has 0 radical (unpaired) electrons. The standard InChI is InChI=1S/C22H22F2N4O2/c23-20(24)22(30)28-16-9-2-1-8-14(16)27-15-11-26-21(29)17(15)19(28)13-7-3-5-12-6-4-10-25-18(12)13/h3-7,10,14,16,19-20,27H,1-2,8-9,11H2,(H,26,29)/t14-,16-,19-/m1/s1. The van der Waals surface area contributed by atoms with Crippen LogP contribution in [0.1, 0.15) is 37.3 Å². The van der Waals surface area contributed by atoms with Gasteiger partial charge in [0, 0.05) is 28.9 Å². The van der Waals surface area contributed by atoms with Gasteiger partial charge in [-0.25, -0.2) is 0 Å². The van der Waals surface area contributed by atoms with Gasteiger partial charge in [0.05, 0.1) is 29.7 Å². The molecule has 6 nitrogen and oxygen atoms in total. The smallest absolute Gasteiger partial charge is 0.315 e. The lowest BCUT2D eigenvalue weighted by atomic mass is 9.87. The normalized spacial score (nSPS) is 26.2. The van der Waals surface area contributed by atoms with Crippen LogP contribution >= 0.6 is 0 Å². The quantitative estimate of drug-likeness (QED) is 0.796. The van der Waals surface area contributed by atoms with Crippen LogP contribution in [0.2, 0.25) is 0 Å². The van der Waals surface area contributed by atoms with E-state index in [0.717, 1.165) is 24.6 Å². The van der Waals surface area contributed by atoms with Gasteiger partial charge in [0.2, 0.25) is 0 Å². The summed E-state index contributed by atoms with van der Waals surface area (Å²) in [5, 5.41) is 7.05. The maximum atomic E-state index is 13.8. The molecule has 0 saturated heterocycles. The van der Waals surface area contributed by atoms with Crippen molar-refractivity contribution in [3.63, 3.8) is 0 Å². The third-order valence-corrected chi connectivity index (χ3v) is 6.39. The number of pyridine rings is 1. The van der Waals surface area contributed by atoms with Gasteiger partial charge in [-0.1, -0.05) is 37.1 Å². The monoisotopic (exact) mass is 412 g/mol. The molecule has 3 heterocycles. The first-order chi connectivity index (χ1) is 14.6. The van der Waals surface area contributed by atoms with Crippen LogP contribution in [0, 0.1) is 0 Å². The van der Waals surface area contributed by atoms with Crippen LogP contribution in [0.25, 0.3) is 10.9 Å². The van der Waals surface area contributed by atoms with Crippen molar-refractivity contribution < 1.29 is 18.4 Å². The van der Waals surface area contributed by atoms with E-state index in [1.165, 1.54) is 4.90 Å². The van der Waals surface area contributed by atoms with E-state index in [0.29, 0.717) is 35.3 Å². The number of hydrogen-bond donors (Lipinski definition) is 2. The highest BCUT2D eigenvalue weighted by Crippen LogP contribution is 2.42. The molecule has 5 rings (SSSR count). The molecule has 2 amide bonds. The van der Waals surface area contributed by atoms with E-state index >= 15 is 0 Å². The summed E-state index contributed by atoms with van der Waals surface area (Å²) in [7, 11) is 0. The Morgan fingerprint density at radius 1 is 1.17 bits per heavy atom. The van der Waals surface area contributed by atoms with Crippen molar-refractivity contribution in [2.45, 2.75) is 50.2 Å². The van der Waals surface area contributed by atoms with Crippen LogP contribution in [0.3, 0.4) is 0 Å². The number of carbonyl (C=O) groups excluding carboxylic acids is 2. The summed E-state index contributed by atoms with van der Waals surface area (Å²) in [5.74, 6) is -1.57. The molecule has 1 aromatic heterocycles. The second-order valence-corrected chi connectivity index (χ2v) is 8.05. The Kier molecular flexibility index (Phi) is 4.64. The van der Waals surface area contributed by atoms with Crippen LogP contribution in [0.15, 0.2) is 47.8 Å². The van der Waals surface area contributed by atoms with Gasteiger partial charge in [-0.05, 0) is 18.9 Å². The number of amides is 2. The molecule has 1 aliphatic carbocycles. The summed E-state index contributed by atoms with van der Waals surface area (Å²) in [5.41, 5.74) is 2.24. The number of carbonyl (C=O) groups is 2. The summed E-state index contributed by atoms with van der Waals surface area (Å²) in [6.45, 7) is 0.308. The zero-order chi connectivity index (χ0) is 20.8. The molecular formula is C22H22F2N4O2. The molecule has 30 heavy (non-hydrogen) atoms. The molecule has 2 aliphatic heterocycles. The Morgan fingerprint density at radius 3 is 2.80 bits per heavy atom. The minimum atomic E-state index is -3.15. The van der Waals surface area contributed by atoms with Crippen molar-refractivity contribution in [3.8, 4) is 0 Å². The fraction of sp³-hybridized carbons (Fsp3) is 0.409. The summed E-state index contributed by atoms with van der Waals surface area (Å²) in [6.07, 6.45) is 1.68. The number of alkyl halides is 2. The lowest BCUT2D eigenvalue weighted by Crippen LogP contribution is -2.55. The molecule has 1 fully saturated rings. The highest BCUT2D eigenvalue weighted by Gasteiger charge is 2.48. The number of nitrogens with zero attached hydrogens (tertiary/aromatic N) is 2. The zero-order valence-corrected chi connectivity index (χ0v) is 16.3. The third kappa shape index (κ3) is 2.93. The van der Waals surface area contributed by atoms with Crippen molar-refractivity contribution in [3.05, 3.63) is 53.4 Å². The molecule has 0 bridgehead atoms. The Hall–Kier alpha value is -3.03. The van der Waals surface area contributed by atoms with Gasteiger partial charge in [-0.15, -0.1) is 0 Å². The van der Waals surface area contributed by atoms with Crippen LogP contribution in [-0.4, -0.2) is 46.8 Å². The molecule has 156 valence electrons. The van der Waals surface area contributed by atoms with Gasteiger partial charge in [0.25, 0.3) is 11.8 Å². The van der Waals surface area contributed by atoms with Gasteiger partial charge < -0.3 is 15.5 Å². The van der Waals surface area contributed by atoms with E-state index in [9.17, 15) is 18.4 Å². The van der Waals surface area contributed by atoms with Crippen molar-refractivity contribution in [2.24, 2.45) is 0 Å². The largest absolute Gasteiger partial charge is 0.382 e. The lowest BCUT2D eigenvalue weighted by Gasteiger charge is -2.42. The molecule has 0 spiro atoms. The molecule has 0 unspecified atom stereocenters. The van der Waals surface area contributed by atoms with Crippen molar-refractivity contribution in [1.82, 2.24) is 20.5 Å². The summed E-state index contributed by atoms with van der Waals surface area (Å²) in [6, 6.07) is 7.67. The number of benzene rings is 1. The molecular weight excluding hydrogens is 390 g/mol. The van der Waals surface area contributed by atoms with E-state index in [1.54, 1.807) is 18.3 Å². The molecule has 3 aliphatic rings. The van der Waals surface area contributed by atoms with E-state index in [-0.39, 0.29) is 11.9 Å². The summed E-state index contributed by atoms with van der Waals surface area (Å²) < 4.78 is 27.6. The molecule has 1 aromatic carbocycles. The molecule has 2 aromatic rings. The zero-order valence-electron chi connectivity index (χ0n) is 16.3. The molecule has 1 saturated carbocycles. The first kappa shape index (κ1) is 19.0. The van der Waals surface area contributed by atoms with E-state index in [1.807, 2.05) is 18.2 Å². The van der Waals surface area contributed by atoms with Gasteiger partial charge in [-0.2, -0.15) is 8.78 Å². The van der Waals surface area contributed by atoms with Gasteiger partial charge in [-0.3, -0.25) is 14.6 Å². The number of fused-ring (bicyclic) bond motifs is 2. The fourth-order valence-electron chi connectivity index (χ4n) is 5.14. The van der Waals surface area contributed by atoms with Gasteiger partial charge in [0.15, 0.2) is 0 Å². The number of halogens is 2. The Labute approximate surface area is 172 Å². The average molecular weight is 412 g/mol. The second-order valence-electron chi connectivity index (χ2n) is 8.05. The van der Waals surface area contributed by atoms with E-state index in [4.69, 9.17) is 0 Å². The predicted octanol–water partition coefficient (Wildman–Crippen LogP) is 2.67. The highest BCUT2D eigenvalue weighted by atomic mass is 19.3. The Balaban J connectivity index is 1.77. The molecule has 3 atom stereocenters. The number of rotatable bonds is 2. The maximum Gasteiger partial charge on any atom is 0.315 e. The summed E-state index contributed by atoms with van der Waals surface area (Å²) in [4.78, 5) is 31.5. The number of aromatic nitrogens is 1. The minimum absolute atomic E-state index is 0.160. The Bertz CT molecular complexity index is 1050. The van der Waals surface area contributed by atoms with E-state index < -0.39 is 24.4 Å². The Morgan fingerprint density at radius 2 is 1.97 bits per heavy atom. The van der Waals surface area contributed by atoms with Crippen LogP contribution in [0.5, 0.6) is 0 Å². The lowest BCUT2D eigenvalue weighted by molar-refractivity contribution is -0.149. The SMILES string of the molecule is O=C1NCC2=C1[C@@H](c1cccc3cccnc13)N(C(=O)C(F)F)[C@@H]1CCCC[C@H]1N2. The number of hydrogen-bond acceptors (Lipinski definition) is 4.